The second kappa shape index (κ2) is 7.99. The quantitative estimate of drug-likeness (QED) is 0.396. The predicted molar refractivity (Wildman–Crippen MR) is 129 cm³/mol. The Hall–Kier alpha value is -4.19. The van der Waals surface area contributed by atoms with Crippen LogP contribution in [0.5, 0.6) is 0 Å². The number of Topliss-reactive ketones (excluding diaryl/α,β-unsaturated/α-hetero) is 1. The van der Waals surface area contributed by atoms with Gasteiger partial charge >= 0.3 is 0 Å². The molecule has 0 bridgehead atoms. The second-order valence-corrected chi connectivity index (χ2v) is 8.74. The molecular formula is C28H21FN2O3. The van der Waals surface area contributed by atoms with E-state index in [4.69, 9.17) is 4.42 Å². The van der Waals surface area contributed by atoms with Crippen molar-refractivity contribution in [2.45, 2.75) is 24.8 Å². The minimum Gasteiger partial charge on any atom is -0.464 e. The van der Waals surface area contributed by atoms with E-state index in [2.05, 4.69) is 10.6 Å². The summed E-state index contributed by atoms with van der Waals surface area (Å²) in [5, 5.41) is 7.35. The van der Waals surface area contributed by atoms with Gasteiger partial charge in [0.2, 0.25) is 0 Å². The van der Waals surface area contributed by atoms with Crippen molar-refractivity contribution in [2.24, 2.45) is 0 Å². The highest BCUT2D eigenvalue weighted by atomic mass is 19.1. The van der Waals surface area contributed by atoms with E-state index >= 15 is 0 Å². The standard InChI is InChI=1S/C28H21FN2O3/c29-18-11-9-16(10-12-18)17-13-23-26(24(32)14-17)27(31-22-7-3-2-6-21(22)30-23)20-15-34-25-8-4-1-5-19(25)28(20)33/h1-12,15,17,27,30-31H,13-14H2. The molecule has 6 heteroatoms. The first-order valence-electron chi connectivity index (χ1n) is 11.2. The Bertz CT molecular complexity index is 1520. The zero-order valence-electron chi connectivity index (χ0n) is 18.2. The van der Waals surface area contributed by atoms with Crippen LogP contribution in [0.25, 0.3) is 11.0 Å². The van der Waals surface area contributed by atoms with Crippen molar-refractivity contribution < 1.29 is 13.6 Å². The number of anilines is 2. The van der Waals surface area contributed by atoms with Crippen molar-refractivity contribution in [2.75, 3.05) is 10.6 Å². The molecule has 2 heterocycles. The third-order valence-corrected chi connectivity index (χ3v) is 6.67. The Morgan fingerprint density at radius 3 is 2.41 bits per heavy atom. The molecule has 34 heavy (non-hydrogen) atoms. The van der Waals surface area contributed by atoms with Gasteiger partial charge in [-0.1, -0.05) is 36.4 Å². The number of hydrogen-bond donors (Lipinski definition) is 2. The summed E-state index contributed by atoms with van der Waals surface area (Å²) in [6.45, 7) is 0. The van der Waals surface area contributed by atoms with Crippen LogP contribution < -0.4 is 16.1 Å². The number of carbonyl (C=O) groups excluding carboxylic acids is 1. The van der Waals surface area contributed by atoms with Gasteiger partial charge < -0.3 is 15.1 Å². The second-order valence-electron chi connectivity index (χ2n) is 8.74. The molecule has 168 valence electrons. The number of hydrogen-bond acceptors (Lipinski definition) is 5. The van der Waals surface area contributed by atoms with E-state index in [0.717, 1.165) is 22.6 Å². The average Bonchev–Trinajstić information content (AvgIpc) is 3.02. The summed E-state index contributed by atoms with van der Waals surface area (Å²) in [6, 6.07) is 20.4. The SMILES string of the molecule is O=C1CC(c2ccc(F)cc2)CC2=C1C(c1coc3ccccc3c1=O)Nc1ccccc1N2. The molecule has 0 radical (unpaired) electrons. The Morgan fingerprint density at radius 1 is 0.853 bits per heavy atom. The van der Waals surface area contributed by atoms with Gasteiger partial charge in [0.1, 0.15) is 17.7 Å². The first-order chi connectivity index (χ1) is 16.6. The van der Waals surface area contributed by atoms with Gasteiger partial charge in [0.25, 0.3) is 0 Å². The highest BCUT2D eigenvalue weighted by Crippen LogP contribution is 2.43. The van der Waals surface area contributed by atoms with E-state index in [1.54, 1.807) is 30.3 Å². The van der Waals surface area contributed by atoms with Crippen molar-refractivity contribution >= 4 is 28.1 Å². The zero-order chi connectivity index (χ0) is 23.2. The fourth-order valence-electron chi connectivity index (χ4n) is 4.99. The summed E-state index contributed by atoms with van der Waals surface area (Å²) >= 11 is 0. The summed E-state index contributed by atoms with van der Waals surface area (Å²) in [7, 11) is 0. The fourth-order valence-corrected chi connectivity index (χ4v) is 4.99. The van der Waals surface area contributed by atoms with Gasteiger partial charge in [-0.15, -0.1) is 0 Å². The van der Waals surface area contributed by atoms with Crippen molar-refractivity contribution in [1.82, 2.24) is 0 Å². The number of fused-ring (bicyclic) bond motifs is 2. The number of nitrogens with one attached hydrogen (secondary N) is 2. The molecule has 2 unspecified atom stereocenters. The molecule has 2 atom stereocenters. The molecule has 4 aromatic rings. The summed E-state index contributed by atoms with van der Waals surface area (Å²) in [6.07, 6.45) is 2.30. The van der Waals surface area contributed by atoms with Gasteiger partial charge in [0.15, 0.2) is 11.2 Å². The number of carbonyl (C=O) groups is 1. The molecule has 0 saturated carbocycles. The van der Waals surface area contributed by atoms with Gasteiger partial charge in [0, 0.05) is 17.7 Å². The third-order valence-electron chi connectivity index (χ3n) is 6.67. The topological polar surface area (TPSA) is 71.3 Å². The highest BCUT2D eigenvalue weighted by molar-refractivity contribution is 6.01. The van der Waals surface area contributed by atoms with Crippen LogP contribution in [0.15, 0.2) is 99.5 Å². The molecule has 1 aliphatic heterocycles. The lowest BCUT2D eigenvalue weighted by molar-refractivity contribution is -0.116. The normalized spacial score (nSPS) is 19.6. The lowest BCUT2D eigenvalue weighted by atomic mass is 9.78. The summed E-state index contributed by atoms with van der Waals surface area (Å²) in [5.74, 6) is -0.446. The van der Waals surface area contributed by atoms with E-state index in [1.807, 2.05) is 30.3 Å². The third kappa shape index (κ3) is 3.39. The summed E-state index contributed by atoms with van der Waals surface area (Å²) in [4.78, 5) is 27.1. The van der Waals surface area contributed by atoms with Crippen LogP contribution in [0.3, 0.4) is 0 Å². The Morgan fingerprint density at radius 2 is 1.59 bits per heavy atom. The zero-order valence-corrected chi connectivity index (χ0v) is 18.2. The predicted octanol–water partition coefficient (Wildman–Crippen LogP) is 5.91. The Balaban J connectivity index is 1.51. The van der Waals surface area contributed by atoms with E-state index < -0.39 is 6.04 Å². The molecule has 1 aliphatic carbocycles. The molecule has 3 aromatic carbocycles. The smallest absolute Gasteiger partial charge is 0.198 e. The monoisotopic (exact) mass is 452 g/mol. The first-order valence-corrected chi connectivity index (χ1v) is 11.2. The van der Waals surface area contributed by atoms with Crippen LogP contribution in [0.4, 0.5) is 15.8 Å². The van der Waals surface area contributed by atoms with E-state index in [0.29, 0.717) is 28.5 Å². The number of rotatable bonds is 2. The van der Waals surface area contributed by atoms with Gasteiger partial charge in [-0.3, -0.25) is 9.59 Å². The van der Waals surface area contributed by atoms with E-state index in [9.17, 15) is 14.0 Å². The van der Waals surface area contributed by atoms with Crippen LogP contribution in [0.2, 0.25) is 0 Å². The van der Waals surface area contributed by atoms with Crippen LogP contribution in [0, 0.1) is 5.82 Å². The molecule has 0 amide bonds. The maximum atomic E-state index is 13.6. The van der Waals surface area contributed by atoms with E-state index in [-0.39, 0.29) is 29.4 Å². The number of benzene rings is 3. The average molecular weight is 452 g/mol. The molecule has 6 rings (SSSR count). The molecule has 1 aromatic heterocycles. The number of allylic oxidation sites excluding steroid dienone is 1. The lowest BCUT2D eigenvalue weighted by Crippen LogP contribution is -2.29. The summed E-state index contributed by atoms with van der Waals surface area (Å²) in [5.41, 5.74) is 4.56. The van der Waals surface area contributed by atoms with Crippen molar-refractivity contribution in [3.05, 3.63) is 117 Å². The number of para-hydroxylation sites is 3. The van der Waals surface area contributed by atoms with Crippen molar-refractivity contribution in [3.63, 3.8) is 0 Å². The van der Waals surface area contributed by atoms with Gasteiger partial charge in [-0.25, -0.2) is 4.39 Å². The minimum absolute atomic E-state index is 0.0547. The van der Waals surface area contributed by atoms with E-state index in [1.165, 1.54) is 18.4 Å². The molecule has 0 saturated heterocycles. The molecule has 0 spiro atoms. The minimum atomic E-state index is -0.659. The highest BCUT2D eigenvalue weighted by Gasteiger charge is 2.37. The van der Waals surface area contributed by atoms with Gasteiger partial charge in [-0.2, -0.15) is 0 Å². The van der Waals surface area contributed by atoms with Gasteiger partial charge in [0.05, 0.1) is 28.4 Å². The largest absolute Gasteiger partial charge is 0.464 e. The maximum absolute atomic E-state index is 13.6. The summed E-state index contributed by atoms with van der Waals surface area (Å²) < 4.78 is 19.3. The number of halogens is 1. The maximum Gasteiger partial charge on any atom is 0.198 e. The van der Waals surface area contributed by atoms with Crippen LogP contribution in [0.1, 0.15) is 35.9 Å². The molecule has 5 nitrogen and oxygen atoms in total. The molecule has 2 N–H and O–H groups in total. The molecule has 2 aliphatic rings. The number of ketones is 1. The van der Waals surface area contributed by atoms with Crippen molar-refractivity contribution in [1.29, 1.82) is 0 Å². The Kier molecular flexibility index (Phi) is 4.80. The van der Waals surface area contributed by atoms with Crippen LogP contribution >= 0.6 is 0 Å². The molecular weight excluding hydrogens is 431 g/mol. The first kappa shape index (κ1) is 20.4. The van der Waals surface area contributed by atoms with Gasteiger partial charge in [-0.05, 0) is 54.3 Å². The van der Waals surface area contributed by atoms with Crippen molar-refractivity contribution in [3.8, 4) is 0 Å². The van der Waals surface area contributed by atoms with Crippen LogP contribution in [-0.2, 0) is 4.79 Å². The molecule has 0 fully saturated rings. The Labute approximate surface area is 194 Å². The lowest BCUT2D eigenvalue weighted by Gasteiger charge is -2.29. The van der Waals surface area contributed by atoms with Crippen LogP contribution in [-0.4, -0.2) is 5.78 Å². The fraction of sp³-hybridized carbons (Fsp3) is 0.143.